The maximum absolute atomic E-state index is 11.9. The molecule has 1 saturated carbocycles. The molecule has 3 nitrogen and oxygen atoms in total. The molecule has 3 atom stereocenters. The molecule has 1 heterocycles. The Balaban J connectivity index is 1.76. The molecule has 100 valence electrons. The van der Waals surface area contributed by atoms with Gasteiger partial charge in [0, 0.05) is 18.9 Å². The zero-order chi connectivity index (χ0) is 13.0. The Morgan fingerprint density at radius 2 is 2.28 bits per heavy atom. The summed E-state index contributed by atoms with van der Waals surface area (Å²) in [5.74, 6) is 2.34. The predicted octanol–water partition coefficient (Wildman–Crippen LogP) is 3.15. The van der Waals surface area contributed by atoms with E-state index in [1.165, 1.54) is 12.8 Å². The van der Waals surface area contributed by atoms with Crippen molar-refractivity contribution in [2.75, 3.05) is 0 Å². The average molecular weight is 249 g/mol. The molecular formula is C15H23NO2. The van der Waals surface area contributed by atoms with Crippen molar-refractivity contribution in [2.24, 2.45) is 11.8 Å². The van der Waals surface area contributed by atoms with E-state index in [0.717, 1.165) is 12.2 Å². The monoisotopic (exact) mass is 249 g/mol. The molecule has 0 saturated heterocycles. The average Bonchev–Trinajstić information content (AvgIpc) is 2.86. The Kier molecular flexibility index (Phi) is 4.45. The van der Waals surface area contributed by atoms with E-state index in [1.54, 1.807) is 6.26 Å². The topological polar surface area (TPSA) is 42.2 Å². The van der Waals surface area contributed by atoms with Crippen molar-refractivity contribution in [2.45, 2.75) is 52.0 Å². The first kappa shape index (κ1) is 13.2. The largest absolute Gasteiger partial charge is 0.469 e. The second kappa shape index (κ2) is 6.07. The van der Waals surface area contributed by atoms with Gasteiger partial charge in [0.2, 0.25) is 5.91 Å². The molecule has 1 fully saturated rings. The van der Waals surface area contributed by atoms with Gasteiger partial charge in [-0.25, -0.2) is 0 Å². The van der Waals surface area contributed by atoms with Gasteiger partial charge in [-0.1, -0.05) is 26.7 Å². The molecule has 0 bridgehead atoms. The van der Waals surface area contributed by atoms with E-state index in [9.17, 15) is 4.79 Å². The van der Waals surface area contributed by atoms with E-state index in [0.29, 0.717) is 30.7 Å². The van der Waals surface area contributed by atoms with Crippen LogP contribution >= 0.6 is 0 Å². The first-order valence-electron chi connectivity index (χ1n) is 6.98. The van der Waals surface area contributed by atoms with Gasteiger partial charge >= 0.3 is 0 Å². The van der Waals surface area contributed by atoms with Gasteiger partial charge in [-0.3, -0.25) is 4.79 Å². The molecule has 1 aliphatic rings. The second-order valence-electron chi connectivity index (χ2n) is 5.52. The standard InChI is InChI=1S/C15H23NO2/c1-11-5-3-7-14(12(11)2)16-15(17)9-8-13-6-4-10-18-13/h4,6,10-12,14H,3,5,7-9H2,1-2H3,(H,16,17)/t11-,12+,14-/m1/s1. The van der Waals surface area contributed by atoms with E-state index in [4.69, 9.17) is 4.42 Å². The molecule has 0 radical (unpaired) electrons. The van der Waals surface area contributed by atoms with Gasteiger partial charge in [0.25, 0.3) is 0 Å². The lowest BCUT2D eigenvalue weighted by Gasteiger charge is -2.34. The highest BCUT2D eigenvalue weighted by Gasteiger charge is 2.27. The first-order valence-corrected chi connectivity index (χ1v) is 6.98. The van der Waals surface area contributed by atoms with E-state index >= 15 is 0 Å². The van der Waals surface area contributed by atoms with Crippen LogP contribution in [0, 0.1) is 11.8 Å². The lowest BCUT2D eigenvalue weighted by molar-refractivity contribution is -0.122. The molecule has 1 aromatic heterocycles. The van der Waals surface area contributed by atoms with Gasteiger partial charge in [0.05, 0.1) is 6.26 Å². The van der Waals surface area contributed by atoms with Gasteiger partial charge in [-0.15, -0.1) is 0 Å². The summed E-state index contributed by atoms with van der Waals surface area (Å²) in [4.78, 5) is 11.9. The lowest BCUT2D eigenvalue weighted by Crippen LogP contribution is -2.43. The Morgan fingerprint density at radius 3 is 3.00 bits per heavy atom. The van der Waals surface area contributed by atoms with Crippen LogP contribution in [0.3, 0.4) is 0 Å². The van der Waals surface area contributed by atoms with Crippen LogP contribution in [0.1, 0.15) is 45.3 Å². The Bertz CT molecular complexity index is 372. The summed E-state index contributed by atoms with van der Waals surface area (Å²) in [6, 6.07) is 4.13. The van der Waals surface area contributed by atoms with Crippen LogP contribution < -0.4 is 5.32 Å². The van der Waals surface area contributed by atoms with Gasteiger partial charge in [0.15, 0.2) is 0 Å². The maximum atomic E-state index is 11.9. The minimum atomic E-state index is 0.150. The summed E-state index contributed by atoms with van der Waals surface area (Å²) >= 11 is 0. The van der Waals surface area contributed by atoms with Crippen LogP contribution in [0.5, 0.6) is 0 Å². The number of carbonyl (C=O) groups is 1. The van der Waals surface area contributed by atoms with Crippen LogP contribution in [-0.2, 0) is 11.2 Å². The van der Waals surface area contributed by atoms with Gasteiger partial charge in [0.1, 0.15) is 5.76 Å². The number of rotatable bonds is 4. The Labute approximate surface area is 109 Å². The molecule has 0 aromatic carbocycles. The van der Waals surface area contributed by atoms with Crippen molar-refractivity contribution in [3.63, 3.8) is 0 Å². The molecule has 2 rings (SSSR count). The van der Waals surface area contributed by atoms with Gasteiger partial charge < -0.3 is 9.73 Å². The molecule has 1 aliphatic carbocycles. The molecule has 1 aromatic rings. The van der Waals surface area contributed by atoms with Gasteiger partial charge in [-0.05, 0) is 30.4 Å². The smallest absolute Gasteiger partial charge is 0.220 e. The van der Waals surface area contributed by atoms with E-state index in [2.05, 4.69) is 19.2 Å². The van der Waals surface area contributed by atoms with Crippen molar-refractivity contribution in [1.82, 2.24) is 5.32 Å². The van der Waals surface area contributed by atoms with Crippen molar-refractivity contribution in [1.29, 1.82) is 0 Å². The van der Waals surface area contributed by atoms with Crippen LogP contribution in [0.15, 0.2) is 22.8 Å². The lowest BCUT2D eigenvalue weighted by atomic mass is 9.78. The minimum Gasteiger partial charge on any atom is -0.469 e. The molecule has 3 heteroatoms. The van der Waals surface area contributed by atoms with Crippen LogP contribution in [0.25, 0.3) is 0 Å². The number of nitrogens with one attached hydrogen (secondary N) is 1. The highest BCUT2D eigenvalue weighted by molar-refractivity contribution is 5.76. The fraction of sp³-hybridized carbons (Fsp3) is 0.667. The third-order valence-electron chi connectivity index (χ3n) is 4.23. The molecule has 0 spiro atoms. The van der Waals surface area contributed by atoms with Crippen molar-refractivity contribution in [3.05, 3.63) is 24.2 Å². The SMILES string of the molecule is C[C@H]1[C@H](C)CCC[C@H]1NC(=O)CCc1ccco1. The molecule has 0 unspecified atom stereocenters. The number of hydrogen-bond acceptors (Lipinski definition) is 2. The Hall–Kier alpha value is -1.25. The van der Waals surface area contributed by atoms with Crippen molar-refractivity contribution < 1.29 is 9.21 Å². The third kappa shape index (κ3) is 3.37. The summed E-state index contributed by atoms with van der Waals surface area (Å²) in [6.45, 7) is 4.53. The first-order chi connectivity index (χ1) is 8.66. The van der Waals surface area contributed by atoms with Crippen molar-refractivity contribution in [3.8, 4) is 0 Å². The summed E-state index contributed by atoms with van der Waals surface area (Å²) in [5, 5.41) is 3.18. The highest BCUT2D eigenvalue weighted by atomic mass is 16.3. The van der Waals surface area contributed by atoms with E-state index in [1.807, 2.05) is 12.1 Å². The van der Waals surface area contributed by atoms with Crippen molar-refractivity contribution >= 4 is 5.91 Å². The zero-order valence-electron chi connectivity index (χ0n) is 11.3. The molecule has 18 heavy (non-hydrogen) atoms. The number of hydrogen-bond donors (Lipinski definition) is 1. The van der Waals surface area contributed by atoms with E-state index in [-0.39, 0.29) is 5.91 Å². The van der Waals surface area contributed by atoms with E-state index < -0.39 is 0 Å². The fourth-order valence-corrected chi connectivity index (χ4v) is 2.76. The Morgan fingerprint density at radius 1 is 1.44 bits per heavy atom. The summed E-state index contributed by atoms with van der Waals surface area (Å²) in [6.07, 6.45) is 6.51. The highest BCUT2D eigenvalue weighted by Crippen LogP contribution is 2.29. The summed E-state index contributed by atoms with van der Waals surface area (Å²) in [5.41, 5.74) is 0. The second-order valence-corrected chi connectivity index (χ2v) is 5.52. The number of aryl methyl sites for hydroxylation is 1. The quantitative estimate of drug-likeness (QED) is 0.890. The minimum absolute atomic E-state index is 0.150. The van der Waals surface area contributed by atoms with Gasteiger partial charge in [-0.2, -0.15) is 0 Å². The molecule has 0 aliphatic heterocycles. The van der Waals surface area contributed by atoms with Crippen LogP contribution in [0.4, 0.5) is 0 Å². The molecule has 1 amide bonds. The normalized spacial score (nSPS) is 28.0. The fourth-order valence-electron chi connectivity index (χ4n) is 2.76. The summed E-state index contributed by atoms with van der Waals surface area (Å²) < 4.78 is 5.23. The zero-order valence-corrected chi connectivity index (χ0v) is 11.3. The van der Waals surface area contributed by atoms with Crippen LogP contribution in [-0.4, -0.2) is 11.9 Å². The predicted molar refractivity (Wildman–Crippen MR) is 71.1 cm³/mol. The third-order valence-corrected chi connectivity index (χ3v) is 4.23. The number of carbonyl (C=O) groups excluding carboxylic acids is 1. The maximum Gasteiger partial charge on any atom is 0.220 e. The van der Waals surface area contributed by atoms with Crippen LogP contribution in [0.2, 0.25) is 0 Å². The number of furan rings is 1. The number of amides is 1. The molecular weight excluding hydrogens is 226 g/mol. The molecule has 1 N–H and O–H groups in total. The summed E-state index contributed by atoms with van der Waals surface area (Å²) in [7, 11) is 0.